The van der Waals surface area contributed by atoms with Crippen LogP contribution in [0.15, 0.2) is 24.3 Å². The second kappa shape index (κ2) is 5.14. The SMILES string of the molecule is CS(=O)(=O)O.c1ccc2c(c1)CCCO2. The number of hydrogen-bond donors (Lipinski definition) is 1. The van der Waals surface area contributed by atoms with Crippen molar-refractivity contribution in [3.05, 3.63) is 29.8 Å². The molecule has 0 fully saturated rings. The largest absolute Gasteiger partial charge is 0.493 e. The second-order valence-corrected chi connectivity index (χ2v) is 4.76. The Morgan fingerprint density at radius 1 is 1.33 bits per heavy atom. The first-order valence-electron chi connectivity index (χ1n) is 4.60. The molecule has 5 heteroatoms. The Balaban J connectivity index is 0.000000195. The number of hydrogen-bond acceptors (Lipinski definition) is 3. The van der Waals surface area contributed by atoms with Crippen LogP contribution in [0, 0.1) is 0 Å². The summed E-state index contributed by atoms with van der Waals surface area (Å²) < 4.78 is 31.3. The lowest BCUT2D eigenvalue weighted by Crippen LogP contribution is -2.07. The first-order chi connectivity index (χ1) is 6.97. The molecule has 0 saturated heterocycles. The molecule has 0 radical (unpaired) electrons. The van der Waals surface area contributed by atoms with Crippen molar-refractivity contribution in [3.8, 4) is 5.75 Å². The van der Waals surface area contributed by atoms with Crippen LogP contribution in [0.3, 0.4) is 0 Å². The van der Waals surface area contributed by atoms with Crippen molar-refractivity contribution >= 4 is 10.1 Å². The topological polar surface area (TPSA) is 63.6 Å². The van der Waals surface area contributed by atoms with Gasteiger partial charge in [-0.05, 0) is 24.5 Å². The van der Waals surface area contributed by atoms with Gasteiger partial charge in [-0.2, -0.15) is 8.42 Å². The van der Waals surface area contributed by atoms with Gasteiger partial charge in [0.05, 0.1) is 12.9 Å². The highest BCUT2D eigenvalue weighted by molar-refractivity contribution is 7.85. The van der Waals surface area contributed by atoms with Crippen molar-refractivity contribution in [2.24, 2.45) is 0 Å². The van der Waals surface area contributed by atoms with Gasteiger partial charge in [0.25, 0.3) is 10.1 Å². The molecule has 2 rings (SSSR count). The van der Waals surface area contributed by atoms with Crippen molar-refractivity contribution in [2.75, 3.05) is 12.9 Å². The molecule has 0 bridgehead atoms. The van der Waals surface area contributed by atoms with Gasteiger partial charge in [0.15, 0.2) is 0 Å². The lowest BCUT2D eigenvalue weighted by molar-refractivity contribution is 0.288. The molecular weight excluding hydrogens is 216 g/mol. The number of rotatable bonds is 0. The highest BCUT2D eigenvalue weighted by Gasteiger charge is 2.06. The van der Waals surface area contributed by atoms with Crippen molar-refractivity contribution < 1.29 is 17.7 Å². The lowest BCUT2D eigenvalue weighted by Gasteiger charge is -2.15. The van der Waals surface area contributed by atoms with Crippen LogP contribution in [0.25, 0.3) is 0 Å². The molecule has 1 aliphatic rings. The minimum Gasteiger partial charge on any atom is -0.493 e. The Kier molecular flexibility index (Phi) is 4.11. The third kappa shape index (κ3) is 5.39. The molecule has 0 atom stereocenters. The van der Waals surface area contributed by atoms with Crippen LogP contribution in [0.5, 0.6) is 5.75 Å². The Bertz CT molecular complexity index is 378. The maximum Gasteiger partial charge on any atom is 0.261 e. The minimum atomic E-state index is -3.67. The average Bonchev–Trinajstić information content (AvgIpc) is 2.16. The lowest BCUT2D eigenvalue weighted by atomic mass is 10.1. The van der Waals surface area contributed by atoms with E-state index in [4.69, 9.17) is 9.29 Å². The fourth-order valence-corrected chi connectivity index (χ4v) is 1.30. The maximum atomic E-state index is 9.19. The summed E-state index contributed by atoms with van der Waals surface area (Å²) in [5.41, 5.74) is 1.36. The first kappa shape index (κ1) is 12.0. The van der Waals surface area contributed by atoms with Gasteiger partial charge >= 0.3 is 0 Å². The van der Waals surface area contributed by atoms with E-state index in [1.54, 1.807) is 0 Å². The molecule has 4 nitrogen and oxygen atoms in total. The van der Waals surface area contributed by atoms with Crippen LogP contribution in [0.1, 0.15) is 12.0 Å². The molecular formula is C10H14O4S. The van der Waals surface area contributed by atoms with Crippen molar-refractivity contribution in [2.45, 2.75) is 12.8 Å². The summed E-state index contributed by atoms with van der Waals surface area (Å²) in [5, 5.41) is 0. The summed E-state index contributed by atoms with van der Waals surface area (Å²) in [6.07, 6.45) is 3.06. The molecule has 1 aromatic carbocycles. The Hall–Kier alpha value is -1.07. The van der Waals surface area contributed by atoms with Crippen LogP contribution >= 0.6 is 0 Å². The van der Waals surface area contributed by atoms with E-state index in [1.165, 1.54) is 12.0 Å². The number of para-hydroxylation sites is 1. The molecule has 0 aliphatic carbocycles. The Morgan fingerprint density at radius 3 is 2.53 bits per heavy atom. The summed E-state index contributed by atoms with van der Waals surface area (Å²) >= 11 is 0. The molecule has 1 heterocycles. The molecule has 0 spiro atoms. The average molecular weight is 230 g/mol. The molecule has 0 saturated carbocycles. The second-order valence-electron chi connectivity index (χ2n) is 3.29. The van der Waals surface area contributed by atoms with E-state index in [9.17, 15) is 8.42 Å². The van der Waals surface area contributed by atoms with E-state index in [2.05, 4.69) is 12.1 Å². The number of ether oxygens (including phenoxy) is 1. The smallest absolute Gasteiger partial charge is 0.261 e. The Labute approximate surface area is 89.6 Å². The zero-order chi connectivity index (χ0) is 11.3. The highest BCUT2D eigenvalue weighted by Crippen LogP contribution is 2.22. The first-order valence-corrected chi connectivity index (χ1v) is 6.45. The maximum absolute atomic E-state index is 9.19. The van der Waals surface area contributed by atoms with E-state index in [1.807, 2.05) is 12.1 Å². The Morgan fingerprint density at radius 2 is 1.93 bits per heavy atom. The quantitative estimate of drug-likeness (QED) is 0.686. The zero-order valence-corrected chi connectivity index (χ0v) is 9.33. The summed E-state index contributed by atoms with van der Waals surface area (Å²) in [5.74, 6) is 1.08. The van der Waals surface area contributed by atoms with Gasteiger partial charge in [-0.25, -0.2) is 0 Å². The number of benzene rings is 1. The summed E-state index contributed by atoms with van der Waals surface area (Å²) in [6.45, 7) is 0.886. The number of fused-ring (bicyclic) bond motifs is 1. The van der Waals surface area contributed by atoms with Crippen LogP contribution in [0.2, 0.25) is 0 Å². The van der Waals surface area contributed by atoms with Crippen LogP contribution in [-0.4, -0.2) is 25.8 Å². The van der Waals surface area contributed by atoms with Crippen molar-refractivity contribution in [1.82, 2.24) is 0 Å². The third-order valence-electron chi connectivity index (χ3n) is 1.82. The van der Waals surface area contributed by atoms with Gasteiger partial charge in [0, 0.05) is 0 Å². The van der Waals surface area contributed by atoms with E-state index in [0.29, 0.717) is 6.26 Å². The zero-order valence-electron chi connectivity index (χ0n) is 8.51. The molecule has 0 unspecified atom stereocenters. The van der Waals surface area contributed by atoms with Crippen LogP contribution in [0.4, 0.5) is 0 Å². The summed E-state index contributed by atoms with van der Waals surface area (Å²) in [7, 11) is -3.67. The predicted molar refractivity (Wildman–Crippen MR) is 57.7 cm³/mol. The standard InChI is InChI=1S/C9H10O.CH4O3S/c1-2-6-9-8(4-1)5-3-7-10-9;1-5(2,3)4/h1-2,4,6H,3,5,7H2;1H3,(H,2,3,4). The molecule has 1 aromatic rings. The van der Waals surface area contributed by atoms with Gasteiger partial charge in [0.2, 0.25) is 0 Å². The molecule has 0 amide bonds. The predicted octanol–water partition coefficient (Wildman–Crippen LogP) is 1.52. The van der Waals surface area contributed by atoms with Gasteiger partial charge in [-0.15, -0.1) is 0 Å². The summed E-state index contributed by atoms with van der Waals surface area (Å²) in [6, 6.07) is 8.25. The van der Waals surface area contributed by atoms with Gasteiger partial charge in [-0.1, -0.05) is 18.2 Å². The van der Waals surface area contributed by atoms with E-state index in [0.717, 1.165) is 18.8 Å². The van der Waals surface area contributed by atoms with E-state index >= 15 is 0 Å². The van der Waals surface area contributed by atoms with Gasteiger partial charge in [0.1, 0.15) is 5.75 Å². The molecule has 84 valence electrons. The van der Waals surface area contributed by atoms with Crippen molar-refractivity contribution in [3.63, 3.8) is 0 Å². The molecule has 1 aliphatic heterocycles. The normalized spacial score (nSPS) is 14.3. The highest BCUT2D eigenvalue weighted by atomic mass is 32.2. The van der Waals surface area contributed by atoms with Gasteiger partial charge in [-0.3, -0.25) is 4.55 Å². The molecule has 0 aromatic heterocycles. The van der Waals surface area contributed by atoms with Crippen LogP contribution < -0.4 is 4.74 Å². The van der Waals surface area contributed by atoms with E-state index < -0.39 is 10.1 Å². The summed E-state index contributed by atoms with van der Waals surface area (Å²) in [4.78, 5) is 0. The van der Waals surface area contributed by atoms with E-state index in [-0.39, 0.29) is 0 Å². The molecule has 15 heavy (non-hydrogen) atoms. The fourth-order valence-electron chi connectivity index (χ4n) is 1.30. The van der Waals surface area contributed by atoms with Crippen molar-refractivity contribution in [1.29, 1.82) is 0 Å². The van der Waals surface area contributed by atoms with Gasteiger partial charge < -0.3 is 4.74 Å². The molecule has 1 N–H and O–H groups in total. The monoisotopic (exact) mass is 230 g/mol. The minimum absolute atomic E-state index is 0.715. The van der Waals surface area contributed by atoms with Crippen LogP contribution in [-0.2, 0) is 16.5 Å². The fraction of sp³-hybridized carbons (Fsp3) is 0.400. The number of aryl methyl sites for hydroxylation is 1. The third-order valence-corrected chi connectivity index (χ3v) is 1.82.